The zero-order valence-corrected chi connectivity index (χ0v) is 9.46. The van der Waals surface area contributed by atoms with Crippen molar-refractivity contribution in [2.75, 3.05) is 0 Å². The molecule has 2 nitrogen and oxygen atoms in total. The van der Waals surface area contributed by atoms with E-state index in [-0.39, 0.29) is 5.56 Å². The Morgan fingerprint density at radius 1 is 1.00 bits per heavy atom. The first-order valence-corrected chi connectivity index (χ1v) is 5.19. The van der Waals surface area contributed by atoms with Crippen molar-refractivity contribution >= 4 is 0 Å². The van der Waals surface area contributed by atoms with Gasteiger partial charge in [0.25, 0.3) is 0 Å². The third-order valence-corrected chi connectivity index (χ3v) is 2.52. The second-order valence-corrected chi connectivity index (χ2v) is 4.02. The third kappa shape index (κ3) is 4.39. The summed E-state index contributed by atoms with van der Waals surface area (Å²) in [6.07, 6.45) is -11.6. The van der Waals surface area contributed by atoms with Crippen molar-refractivity contribution in [3.63, 3.8) is 0 Å². The van der Waals surface area contributed by atoms with E-state index in [4.69, 9.17) is 5.73 Å². The summed E-state index contributed by atoms with van der Waals surface area (Å²) in [4.78, 5) is 0. The van der Waals surface area contributed by atoms with Gasteiger partial charge in [-0.15, -0.1) is 0 Å². The van der Waals surface area contributed by atoms with Gasteiger partial charge in [-0.25, -0.2) is 0 Å². The molecule has 0 aliphatic rings. The quantitative estimate of drug-likeness (QED) is 0.839. The lowest BCUT2D eigenvalue weighted by Crippen LogP contribution is -2.38. The summed E-state index contributed by atoms with van der Waals surface area (Å²) < 4.78 is 73.2. The van der Waals surface area contributed by atoms with Gasteiger partial charge in [0.1, 0.15) is 6.04 Å². The van der Waals surface area contributed by atoms with Crippen LogP contribution in [0.4, 0.5) is 26.3 Å². The Labute approximate surface area is 104 Å². The smallest absolute Gasteiger partial charge is 0.388 e. The molecule has 0 spiro atoms. The van der Waals surface area contributed by atoms with E-state index in [1.807, 2.05) is 0 Å². The lowest BCUT2D eigenvalue weighted by atomic mass is 10.0. The van der Waals surface area contributed by atoms with Crippen molar-refractivity contribution in [1.82, 2.24) is 0 Å². The van der Waals surface area contributed by atoms with Crippen LogP contribution in [0.1, 0.15) is 23.7 Å². The molecule has 8 heteroatoms. The zero-order valence-electron chi connectivity index (χ0n) is 9.46. The molecule has 0 aliphatic carbocycles. The molecule has 2 atom stereocenters. The van der Waals surface area contributed by atoms with Gasteiger partial charge < -0.3 is 10.8 Å². The Hall–Kier alpha value is -1.28. The molecule has 0 aromatic heterocycles. The van der Waals surface area contributed by atoms with E-state index in [1.54, 1.807) is 0 Å². The van der Waals surface area contributed by atoms with Crippen LogP contribution in [0.2, 0.25) is 0 Å². The van der Waals surface area contributed by atoms with Crippen molar-refractivity contribution in [3.05, 3.63) is 35.4 Å². The number of benzene rings is 1. The highest BCUT2D eigenvalue weighted by Crippen LogP contribution is 2.31. The largest absolute Gasteiger partial charge is 0.416 e. The second kappa shape index (κ2) is 5.38. The molecule has 0 heterocycles. The highest BCUT2D eigenvalue weighted by Gasteiger charge is 2.38. The van der Waals surface area contributed by atoms with Crippen LogP contribution >= 0.6 is 0 Å². The van der Waals surface area contributed by atoms with Gasteiger partial charge >= 0.3 is 12.4 Å². The number of rotatable bonds is 3. The molecule has 0 amide bonds. The number of nitrogens with two attached hydrogens (primary N) is 1. The van der Waals surface area contributed by atoms with Gasteiger partial charge in [-0.2, -0.15) is 26.3 Å². The predicted molar refractivity (Wildman–Crippen MR) is 55.1 cm³/mol. The van der Waals surface area contributed by atoms with Crippen molar-refractivity contribution in [1.29, 1.82) is 0 Å². The van der Waals surface area contributed by atoms with Crippen LogP contribution in [0.15, 0.2) is 24.3 Å². The van der Waals surface area contributed by atoms with E-state index >= 15 is 0 Å². The molecule has 19 heavy (non-hydrogen) atoms. The Morgan fingerprint density at radius 2 is 1.47 bits per heavy atom. The number of alkyl halides is 6. The third-order valence-electron chi connectivity index (χ3n) is 2.52. The average Bonchev–Trinajstić information content (AvgIpc) is 2.26. The summed E-state index contributed by atoms with van der Waals surface area (Å²) in [6, 6.07) is 1.01. The minimum absolute atomic E-state index is 0.0484. The second-order valence-electron chi connectivity index (χ2n) is 4.02. The van der Waals surface area contributed by atoms with Gasteiger partial charge in [0.2, 0.25) is 0 Å². The van der Waals surface area contributed by atoms with Crippen LogP contribution in [-0.2, 0) is 6.18 Å². The minimum atomic E-state index is -4.66. The lowest BCUT2D eigenvalue weighted by Gasteiger charge is -2.19. The number of hydrogen-bond acceptors (Lipinski definition) is 2. The Morgan fingerprint density at radius 3 is 1.84 bits per heavy atom. The van der Waals surface area contributed by atoms with Crippen molar-refractivity contribution in [2.45, 2.75) is 30.9 Å². The molecular formula is C11H11F6NO. The predicted octanol–water partition coefficient (Wildman–Crippen LogP) is 3.02. The topological polar surface area (TPSA) is 46.2 Å². The van der Waals surface area contributed by atoms with Crippen molar-refractivity contribution in [2.24, 2.45) is 5.73 Å². The number of halogens is 6. The zero-order chi connectivity index (χ0) is 14.8. The van der Waals surface area contributed by atoms with Crippen LogP contribution in [0, 0.1) is 0 Å². The van der Waals surface area contributed by atoms with E-state index in [2.05, 4.69) is 0 Å². The van der Waals surface area contributed by atoms with Crippen LogP contribution in [0.5, 0.6) is 0 Å². The van der Waals surface area contributed by atoms with Gasteiger partial charge in [-0.05, 0) is 17.7 Å². The fraction of sp³-hybridized carbons (Fsp3) is 0.455. The van der Waals surface area contributed by atoms with Crippen LogP contribution in [-0.4, -0.2) is 17.3 Å². The van der Waals surface area contributed by atoms with E-state index in [0.717, 1.165) is 12.1 Å². The normalized spacial score (nSPS) is 16.2. The maximum Gasteiger partial charge on any atom is 0.416 e. The number of aliphatic hydroxyl groups excluding tert-OH is 1. The molecule has 0 saturated heterocycles. The lowest BCUT2D eigenvalue weighted by molar-refractivity contribution is -0.153. The summed E-state index contributed by atoms with van der Waals surface area (Å²) in [5.41, 5.74) is 3.83. The molecule has 1 aromatic carbocycles. The van der Waals surface area contributed by atoms with Crippen LogP contribution < -0.4 is 5.73 Å². The summed E-state index contributed by atoms with van der Waals surface area (Å²) >= 11 is 0. The summed E-state index contributed by atoms with van der Waals surface area (Å²) in [5, 5.41) is 9.49. The van der Waals surface area contributed by atoms with Gasteiger partial charge in [0.05, 0.1) is 11.7 Å². The average molecular weight is 287 g/mol. The highest BCUT2D eigenvalue weighted by atomic mass is 19.4. The van der Waals surface area contributed by atoms with E-state index in [0.29, 0.717) is 12.1 Å². The SMILES string of the molecule is N[C@@H](C[C@H](O)c1ccc(C(F)(F)F)cc1)C(F)(F)F. The van der Waals surface area contributed by atoms with Gasteiger partial charge in [0.15, 0.2) is 0 Å². The molecule has 0 bridgehead atoms. The first-order valence-electron chi connectivity index (χ1n) is 5.19. The minimum Gasteiger partial charge on any atom is -0.388 e. The fourth-order valence-electron chi connectivity index (χ4n) is 1.40. The van der Waals surface area contributed by atoms with Crippen molar-refractivity contribution < 1.29 is 31.4 Å². The Bertz CT molecular complexity index is 411. The first kappa shape index (κ1) is 15.8. The molecule has 0 aliphatic heterocycles. The van der Waals surface area contributed by atoms with Gasteiger partial charge in [-0.3, -0.25) is 0 Å². The summed E-state index contributed by atoms with van der Waals surface area (Å²) in [6.45, 7) is 0. The molecule has 0 saturated carbocycles. The van der Waals surface area contributed by atoms with Gasteiger partial charge in [-0.1, -0.05) is 12.1 Å². The Kier molecular flexibility index (Phi) is 4.46. The number of aliphatic hydroxyl groups is 1. The number of hydrogen-bond donors (Lipinski definition) is 2. The standard InChI is InChI=1S/C11H11F6NO/c12-10(13,14)7-3-1-6(2-4-7)8(19)5-9(18)11(15,16)17/h1-4,8-9,19H,5,18H2/t8-,9-/m0/s1. The Balaban J connectivity index is 2.76. The molecule has 0 radical (unpaired) electrons. The molecule has 3 N–H and O–H groups in total. The maximum absolute atomic E-state index is 12.3. The van der Waals surface area contributed by atoms with Crippen molar-refractivity contribution in [3.8, 4) is 0 Å². The van der Waals surface area contributed by atoms with E-state index in [9.17, 15) is 31.4 Å². The monoisotopic (exact) mass is 287 g/mol. The molecule has 0 unspecified atom stereocenters. The highest BCUT2D eigenvalue weighted by molar-refractivity contribution is 5.26. The van der Waals surface area contributed by atoms with E-state index in [1.165, 1.54) is 0 Å². The fourth-order valence-corrected chi connectivity index (χ4v) is 1.40. The summed E-state index contributed by atoms with van der Waals surface area (Å²) in [5.74, 6) is 0. The van der Waals surface area contributed by atoms with E-state index < -0.39 is 36.5 Å². The van der Waals surface area contributed by atoms with Crippen LogP contribution in [0.3, 0.4) is 0 Å². The van der Waals surface area contributed by atoms with Crippen LogP contribution in [0.25, 0.3) is 0 Å². The first-order chi connectivity index (χ1) is 8.51. The summed E-state index contributed by atoms with van der Waals surface area (Å²) in [7, 11) is 0. The maximum atomic E-state index is 12.3. The molecular weight excluding hydrogens is 276 g/mol. The molecule has 1 aromatic rings. The van der Waals surface area contributed by atoms with Gasteiger partial charge in [0, 0.05) is 6.42 Å². The molecule has 0 fully saturated rings. The molecule has 108 valence electrons. The molecule has 1 rings (SSSR count).